The fourth-order valence-corrected chi connectivity index (χ4v) is 2.87. The van der Waals surface area contributed by atoms with Crippen LogP contribution >= 0.6 is 11.8 Å². The van der Waals surface area contributed by atoms with E-state index in [0.29, 0.717) is 16.7 Å². The summed E-state index contributed by atoms with van der Waals surface area (Å²) < 4.78 is 60.7. The highest BCUT2D eigenvalue weighted by atomic mass is 32.2. The van der Waals surface area contributed by atoms with Crippen molar-refractivity contribution < 1.29 is 21.6 Å². The standard InChI is InChI=1S/C11H13F3O2S2/c1-3-4-17-9-5-8(11(12,13)14)6-10(7-9)18(2,15)16/h5-7H,3-4H2,1-2H3. The second-order valence-corrected chi connectivity index (χ2v) is 7.00. The molecule has 0 atom stereocenters. The summed E-state index contributed by atoms with van der Waals surface area (Å²) in [6.45, 7) is 1.90. The first-order valence-corrected chi connectivity index (χ1v) is 8.07. The number of hydrogen-bond acceptors (Lipinski definition) is 3. The Bertz CT molecular complexity index is 522. The van der Waals surface area contributed by atoms with E-state index in [9.17, 15) is 21.6 Å². The minimum atomic E-state index is -4.54. The van der Waals surface area contributed by atoms with Gasteiger partial charge in [-0.25, -0.2) is 8.42 Å². The smallest absolute Gasteiger partial charge is 0.224 e. The third-order valence-corrected chi connectivity index (χ3v) is 4.38. The normalized spacial score (nSPS) is 12.7. The van der Waals surface area contributed by atoms with E-state index in [2.05, 4.69) is 0 Å². The summed E-state index contributed by atoms with van der Waals surface area (Å²) in [5, 5.41) is 0. The van der Waals surface area contributed by atoms with Crippen LogP contribution in [-0.2, 0) is 16.0 Å². The molecule has 0 aliphatic carbocycles. The predicted molar refractivity (Wildman–Crippen MR) is 65.6 cm³/mol. The molecule has 0 aromatic heterocycles. The van der Waals surface area contributed by atoms with Crippen LogP contribution in [0.15, 0.2) is 28.0 Å². The van der Waals surface area contributed by atoms with E-state index in [-0.39, 0.29) is 4.90 Å². The second-order valence-electron chi connectivity index (χ2n) is 3.81. The molecule has 0 bridgehead atoms. The van der Waals surface area contributed by atoms with Crippen LogP contribution in [0.5, 0.6) is 0 Å². The van der Waals surface area contributed by atoms with Gasteiger partial charge in [-0.05, 0) is 30.4 Å². The SMILES string of the molecule is CCCSc1cc(C(F)(F)F)cc(S(C)(=O)=O)c1. The van der Waals surface area contributed by atoms with E-state index in [0.717, 1.165) is 18.7 Å². The molecule has 18 heavy (non-hydrogen) atoms. The van der Waals surface area contributed by atoms with Gasteiger partial charge in [0.25, 0.3) is 0 Å². The average molecular weight is 298 g/mol. The van der Waals surface area contributed by atoms with Gasteiger partial charge in [0.05, 0.1) is 10.5 Å². The molecule has 0 radical (unpaired) electrons. The number of alkyl halides is 3. The molecule has 7 heteroatoms. The molecule has 0 N–H and O–H groups in total. The zero-order valence-electron chi connectivity index (χ0n) is 9.91. The summed E-state index contributed by atoms with van der Waals surface area (Å²) in [4.78, 5) is 0.0306. The highest BCUT2D eigenvalue weighted by Crippen LogP contribution is 2.34. The Hall–Kier alpha value is -0.690. The molecule has 0 heterocycles. The van der Waals surface area contributed by atoms with Gasteiger partial charge >= 0.3 is 6.18 Å². The van der Waals surface area contributed by atoms with E-state index in [1.165, 1.54) is 17.8 Å². The van der Waals surface area contributed by atoms with Crippen molar-refractivity contribution in [2.45, 2.75) is 29.3 Å². The van der Waals surface area contributed by atoms with Gasteiger partial charge in [-0.2, -0.15) is 13.2 Å². The third-order valence-electron chi connectivity index (χ3n) is 2.11. The van der Waals surface area contributed by atoms with Crippen molar-refractivity contribution in [2.24, 2.45) is 0 Å². The Morgan fingerprint density at radius 2 is 1.83 bits per heavy atom. The number of thioether (sulfide) groups is 1. The van der Waals surface area contributed by atoms with Crippen molar-refractivity contribution in [1.29, 1.82) is 0 Å². The molecule has 1 aromatic rings. The van der Waals surface area contributed by atoms with Gasteiger partial charge < -0.3 is 0 Å². The Labute approximate surface area is 109 Å². The van der Waals surface area contributed by atoms with Crippen LogP contribution in [0.4, 0.5) is 13.2 Å². The molecule has 0 saturated heterocycles. The minimum absolute atomic E-state index is 0.295. The van der Waals surface area contributed by atoms with Gasteiger partial charge in [0.15, 0.2) is 9.84 Å². The molecule has 0 aliphatic heterocycles. The van der Waals surface area contributed by atoms with Crippen LogP contribution in [0.3, 0.4) is 0 Å². The molecule has 1 aromatic carbocycles. The van der Waals surface area contributed by atoms with Gasteiger partial charge in [-0.15, -0.1) is 11.8 Å². The number of benzene rings is 1. The Morgan fingerprint density at radius 3 is 2.28 bits per heavy atom. The number of rotatable bonds is 4. The molecule has 2 nitrogen and oxygen atoms in total. The monoisotopic (exact) mass is 298 g/mol. The van der Waals surface area contributed by atoms with Crippen molar-refractivity contribution in [3.63, 3.8) is 0 Å². The first-order chi connectivity index (χ1) is 8.14. The Morgan fingerprint density at radius 1 is 1.22 bits per heavy atom. The third kappa shape index (κ3) is 4.20. The van der Waals surface area contributed by atoms with E-state index in [1.807, 2.05) is 6.92 Å². The number of halogens is 3. The lowest BCUT2D eigenvalue weighted by molar-refractivity contribution is -0.137. The van der Waals surface area contributed by atoms with Crippen LogP contribution in [0, 0.1) is 0 Å². The van der Waals surface area contributed by atoms with E-state index in [1.54, 1.807) is 0 Å². The van der Waals surface area contributed by atoms with Crippen LogP contribution in [-0.4, -0.2) is 20.4 Å². The van der Waals surface area contributed by atoms with Gasteiger partial charge in [0.1, 0.15) is 0 Å². The summed E-state index contributed by atoms with van der Waals surface area (Å²) in [5.74, 6) is 0.643. The molecule has 102 valence electrons. The maximum atomic E-state index is 12.7. The maximum absolute atomic E-state index is 12.7. The topological polar surface area (TPSA) is 34.1 Å². The fourth-order valence-electron chi connectivity index (χ4n) is 1.25. The lowest BCUT2D eigenvalue weighted by Crippen LogP contribution is -2.07. The summed E-state index contributed by atoms with van der Waals surface area (Å²) >= 11 is 1.22. The van der Waals surface area contributed by atoms with Crippen molar-refractivity contribution >= 4 is 21.6 Å². The molecule has 0 saturated carbocycles. The maximum Gasteiger partial charge on any atom is 0.416 e. The van der Waals surface area contributed by atoms with Crippen molar-refractivity contribution in [2.75, 3.05) is 12.0 Å². The van der Waals surface area contributed by atoms with E-state index >= 15 is 0 Å². The first kappa shape index (κ1) is 15.4. The largest absolute Gasteiger partial charge is 0.416 e. The zero-order chi connectivity index (χ0) is 14.0. The summed E-state index contributed by atoms with van der Waals surface area (Å²) in [7, 11) is -3.65. The van der Waals surface area contributed by atoms with Gasteiger partial charge in [0, 0.05) is 11.2 Å². The fraction of sp³-hybridized carbons (Fsp3) is 0.455. The molecule has 1 rings (SSSR count). The van der Waals surface area contributed by atoms with E-state index in [4.69, 9.17) is 0 Å². The summed E-state index contributed by atoms with van der Waals surface area (Å²) in [6.07, 6.45) is -2.84. The highest BCUT2D eigenvalue weighted by molar-refractivity contribution is 7.99. The summed E-state index contributed by atoms with van der Waals surface area (Å²) in [5.41, 5.74) is -0.927. The molecular formula is C11H13F3O2S2. The molecular weight excluding hydrogens is 285 g/mol. The van der Waals surface area contributed by atoms with E-state index < -0.39 is 21.6 Å². The average Bonchev–Trinajstić information content (AvgIpc) is 2.23. The number of hydrogen-bond donors (Lipinski definition) is 0. The molecule has 0 fully saturated rings. The van der Waals surface area contributed by atoms with Gasteiger partial charge in [-0.3, -0.25) is 0 Å². The van der Waals surface area contributed by atoms with Crippen LogP contribution in [0.1, 0.15) is 18.9 Å². The zero-order valence-corrected chi connectivity index (χ0v) is 11.5. The molecule has 0 aliphatic rings. The lowest BCUT2D eigenvalue weighted by Gasteiger charge is -2.11. The van der Waals surface area contributed by atoms with Crippen molar-refractivity contribution in [3.05, 3.63) is 23.8 Å². The van der Waals surface area contributed by atoms with Crippen LogP contribution in [0.25, 0.3) is 0 Å². The minimum Gasteiger partial charge on any atom is -0.224 e. The quantitative estimate of drug-likeness (QED) is 0.796. The predicted octanol–water partition coefficient (Wildman–Crippen LogP) is 3.61. The molecule has 0 spiro atoms. The molecule has 0 amide bonds. The molecule has 0 unspecified atom stereocenters. The first-order valence-electron chi connectivity index (χ1n) is 5.19. The van der Waals surface area contributed by atoms with Crippen molar-refractivity contribution in [1.82, 2.24) is 0 Å². The van der Waals surface area contributed by atoms with Crippen molar-refractivity contribution in [3.8, 4) is 0 Å². The van der Waals surface area contributed by atoms with Gasteiger partial charge in [0.2, 0.25) is 0 Å². The van der Waals surface area contributed by atoms with Gasteiger partial charge in [-0.1, -0.05) is 6.92 Å². The van der Waals surface area contributed by atoms with Crippen LogP contribution < -0.4 is 0 Å². The lowest BCUT2D eigenvalue weighted by atomic mass is 10.2. The number of sulfone groups is 1. The summed E-state index contributed by atoms with van der Waals surface area (Å²) in [6, 6.07) is 2.94. The Kier molecular flexibility index (Phi) is 4.72. The second kappa shape index (κ2) is 5.52. The highest BCUT2D eigenvalue weighted by Gasteiger charge is 2.32. The Balaban J connectivity index is 3.30. The van der Waals surface area contributed by atoms with Crippen LogP contribution in [0.2, 0.25) is 0 Å².